The number of aliphatic hydroxyl groups is 1. The molecule has 1 unspecified atom stereocenters. The Morgan fingerprint density at radius 1 is 1.57 bits per heavy atom. The first-order chi connectivity index (χ1) is 6.52. The van der Waals surface area contributed by atoms with Crippen molar-refractivity contribution in [3.8, 4) is 0 Å². The fraction of sp³-hybridized carbons (Fsp3) is 0.750. The van der Waals surface area contributed by atoms with Crippen LogP contribution in [0.3, 0.4) is 0 Å². The predicted octanol–water partition coefficient (Wildman–Crippen LogP) is -1.63. The number of carbonyl (C=O) groups is 2. The fourth-order valence-electron chi connectivity index (χ4n) is 0.733. The van der Waals surface area contributed by atoms with Crippen molar-refractivity contribution in [3.05, 3.63) is 0 Å². The molecule has 0 aromatic carbocycles. The molecule has 6 nitrogen and oxygen atoms in total. The minimum absolute atomic E-state index is 0.181. The normalized spacial score (nSPS) is 14.3. The summed E-state index contributed by atoms with van der Waals surface area (Å²) in [5.74, 6) is -1.18. The molecule has 14 heavy (non-hydrogen) atoms. The van der Waals surface area contributed by atoms with Crippen molar-refractivity contribution in [1.82, 2.24) is 5.32 Å². The van der Waals surface area contributed by atoms with E-state index in [1.807, 2.05) is 0 Å². The molecule has 0 fully saturated rings. The molecule has 4 N–H and O–H groups in total. The SMILES string of the molecule is CC[C@H](N)C(=O)NCC(O)C(=O)OC. The number of hydrogen-bond acceptors (Lipinski definition) is 5. The van der Waals surface area contributed by atoms with E-state index in [-0.39, 0.29) is 6.54 Å². The highest BCUT2D eigenvalue weighted by Crippen LogP contribution is 1.88. The highest BCUT2D eigenvalue weighted by atomic mass is 16.5. The van der Waals surface area contributed by atoms with Crippen molar-refractivity contribution >= 4 is 11.9 Å². The molecule has 0 rings (SSSR count). The highest BCUT2D eigenvalue weighted by molar-refractivity contribution is 5.82. The smallest absolute Gasteiger partial charge is 0.336 e. The summed E-state index contributed by atoms with van der Waals surface area (Å²) >= 11 is 0. The van der Waals surface area contributed by atoms with Crippen LogP contribution in [0.25, 0.3) is 0 Å². The molecule has 0 saturated carbocycles. The van der Waals surface area contributed by atoms with E-state index in [1.54, 1.807) is 6.92 Å². The number of rotatable bonds is 5. The van der Waals surface area contributed by atoms with Gasteiger partial charge in [0.2, 0.25) is 5.91 Å². The van der Waals surface area contributed by atoms with Crippen LogP contribution in [-0.2, 0) is 14.3 Å². The number of methoxy groups -OCH3 is 1. The second-order valence-corrected chi connectivity index (χ2v) is 2.80. The number of hydrogen-bond donors (Lipinski definition) is 3. The van der Waals surface area contributed by atoms with Crippen LogP contribution >= 0.6 is 0 Å². The summed E-state index contributed by atoms with van der Waals surface area (Å²) in [6, 6.07) is -0.611. The lowest BCUT2D eigenvalue weighted by molar-refractivity contribution is -0.150. The first-order valence-corrected chi connectivity index (χ1v) is 4.32. The van der Waals surface area contributed by atoms with Gasteiger partial charge in [0.05, 0.1) is 19.7 Å². The summed E-state index contributed by atoms with van der Waals surface area (Å²) in [5.41, 5.74) is 5.40. The van der Waals surface area contributed by atoms with Crippen LogP contribution in [0.1, 0.15) is 13.3 Å². The van der Waals surface area contributed by atoms with Crippen molar-refractivity contribution in [1.29, 1.82) is 0 Å². The third-order valence-corrected chi connectivity index (χ3v) is 1.72. The molecule has 0 saturated heterocycles. The van der Waals surface area contributed by atoms with E-state index < -0.39 is 24.0 Å². The van der Waals surface area contributed by atoms with Gasteiger partial charge in [-0.15, -0.1) is 0 Å². The standard InChI is InChI=1S/C8H16N2O4/c1-3-5(9)7(12)10-4-6(11)8(13)14-2/h5-6,11H,3-4,9H2,1-2H3,(H,10,12)/t5-,6?/m0/s1. The maximum absolute atomic E-state index is 11.1. The third-order valence-electron chi connectivity index (χ3n) is 1.72. The first-order valence-electron chi connectivity index (χ1n) is 4.32. The zero-order chi connectivity index (χ0) is 11.1. The maximum atomic E-state index is 11.1. The topological polar surface area (TPSA) is 102 Å². The lowest BCUT2D eigenvalue weighted by atomic mass is 10.2. The third kappa shape index (κ3) is 4.20. The van der Waals surface area contributed by atoms with E-state index in [2.05, 4.69) is 10.1 Å². The van der Waals surface area contributed by atoms with Gasteiger partial charge in [0.1, 0.15) is 0 Å². The summed E-state index contributed by atoms with van der Waals surface area (Å²) < 4.78 is 4.26. The molecule has 82 valence electrons. The zero-order valence-electron chi connectivity index (χ0n) is 8.32. The molecule has 0 aromatic rings. The maximum Gasteiger partial charge on any atom is 0.336 e. The van der Waals surface area contributed by atoms with Gasteiger partial charge >= 0.3 is 5.97 Å². The van der Waals surface area contributed by atoms with Crippen LogP contribution in [0.15, 0.2) is 0 Å². The lowest BCUT2D eigenvalue weighted by Crippen LogP contribution is -2.44. The van der Waals surface area contributed by atoms with Gasteiger partial charge in [-0.1, -0.05) is 6.92 Å². The Hall–Kier alpha value is -1.14. The first kappa shape index (κ1) is 12.9. The van der Waals surface area contributed by atoms with Gasteiger partial charge < -0.3 is 20.9 Å². The van der Waals surface area contributed by atoms with Crippen LogP contribution in [0.2, 0.25) is 0 Å². The number of aliphatic hydroxyl groups excluding tert-OH is 1. The summed E-state index contributed by atoms with van der Waals surface area (Å²) in [5, 5.41) is 11.4. The summed E-state index contributed by atoms with van der Waals surface area (Å²) in [6.45, 7) is 1.58. The van der Waals surface area contributed by atoms with Gasteiger partial charge in [-0.05, 0) is 6.42 Å². The molecule has 2 atom stereocenters. The van der Waals surface area contributed by atoms with Crippen LogP contribution in [0.4, 0.5) is 0 Å². The van der Waals surface area contributed by atoms with Gasteiger partial charge in [0, 0.05) is 0 Å². The number of nitrogens with two attached hydrogens (primary N) is 1. The van der Waals surface area contributed by atoms with Crippen molar-refractivity contribution in [3.63, 3.8) is 0 Å². The van der Waals surface area contributed by atoms with E-state index in [4.69, 9.17) is 10.8 Å². The van der Waals surface area contributed by atoms with Crippen LogP contribution in [0, 0.1) is 0 Å². The number of nitrogens with one attached hydrogen (secondary N) is 1. The molecule has 0 bridgehead atoms. The molecular formula is C8H16N2O4. The Balaban J connectivity index is 3.82. The minimum atomic E-state index is -1.34. The summed E-state index contributed by atoms with van der Waals surface area (Å²) in [6.07, 6.45) is -0.840. The minimum Gasteiger partial charge on any atom is -0.467 e. The number of carbonyl (C=O) groups excluding carboxylic acids is 2. The second-order valence-electron chi connectivity index (χ2n) is 2.80. The second kappa shape index (κ2) is 6.33. The molecule has 0 radical (unpaired) electrons. The van der Waals surface area contributed by atoms with Gasteiger partial charge in [0.25, 0.3) is 0 Å². The lowest BCUT2D eigenvalue weighted by Gasteiger charge is -2.12. The quantitative estimate of drug-likeness (QED) is 0.467. The largest absolute Gasteiger partial charge is 0.467 e. The van der Waals surface area contributed by atoms with Gasteiger partial charge in [-0.2, -0.15) is 0 Å². The van der Waals surface area contributed by atoms with E-state index in [1.165, 1.54) is 0 Å². The van der Waals surface area contributed by atoms with Crippen LogP contribution in [-0.4, -0.2) is 42.8 Å². The molecule has 0 aliphatic heterocycles. The Morgan fingerprint density at radius 3 is 2.57 bits per heavy atom. The van der Waals surface area contributed by atoms with E-state index in [9.17, 15) is 9.59 Å². The van der Waals surface area contributed by atoms with Crippen LogP contribution in [0.5, 0.6) is 0 Å². The van der Waals surface area contributed by atoms with Crippen molar-refractivity contribution in [2.24, 2.45) is 5.73 Å². The fourth-order valence-corrected chi connectivity index (χ4v) is 0.733. The molecule has 0 heterocycles. The van der Waals surface area contributed by atoms with E-state index in [0.29, 0.717) is 6.42 Å². The Kier molecular flexibility index (Phi) is 5.82. The number of amides is 1. The Labute approximate surface area is 82.4 Å². The van der Waals surface area contributed by atoms with Crippen molar-refractivity contribution in [2.45, 2.75) is 25.5 Å². The average Bonchev–Trinajstić information content (AvgIpc) is 2.22. The average molecular weight is 204 g/mol. The van der Waals surface area contributed by atoms with Gasteiger partial charge in [-0.3, -0.25) is 4.79 Å². The Morgan fingerprint density at radius 2 is 2.14 bits per heavy atom. The van der Waals surface area contributed by atoms with Crippen molar-refractivity contribution < 1.29 is 19.4 Å². The van der Waals surface area contributed by atoms with Gasteiger partial charge in [-0.25, -0.2) is 4.79 Å². The molecule has 6 heteroatoms. The predicted molar refractivity (Wildman–Crippen MR) is 49.3 cm³/mol. The monoisotopic (exact) mass is 204 g/mol. The van der Waals surface area contributed by atoms with Crippen LogP contribution < -0.4 is 11.1 Å². The number of esters is 1. The van der Waals surface area contributed by atoms with Gasteiger partial charge in [0.15, 0.2) is 6.10 Å². The molecule has 0 aliphatic rings. The molecule has 1 amide bonds. The van der Waals surface area contributed by atoms with E-state index >= 15 is 0 Å². The zero-order valence-corrected chi connectivity index (χ0v) is 8.32. The molecule has 0 spiro atoms. The molecule has 0 aromatic heterocycles. The molecule has 0 aliphatic carbocycles. The number of ether oxygens (including phenoxy) is 1. The molecular weight excluding hydrogens is 188 g/mol. The Bertz CT molecular complexity index is 208. The van der Waals surface area contributed by atoms with E-state index in [0.717, 1.165) is 7.11 Å². The summed E-state index contributed by atoms with van der Waals surface area (Å²) in [4.78, 5) is 21.8. The highest BCUT2D eigenvalue weighted by Gasteiger charge is 2.17. The van der Waals surface area contributed by atoms with Crippen molar-refractivity contribution in [2.75, 3.05) is 13.7 Å². The summed E-state index contributed by atoms with van der Waals surface area (Å²) in [7, 11) is 1.16.